The number of rotatable bonds is 6. The van der Waals surface area contributed by atoms with Gasteiger partial charge in [0.2, 0.25) is 0 Å². The standard InChI is InChI=1S/C16H22N2O4/c1-4-22-16(21)12-5-7-13(8-6-12)18-15(20)14(19)17-10-9-11(2)3/h5-8,11H,4,9-10H2,1-3H3,(H,17,19)(H,18,20). The van der Waals surface area contributed by atoms with Crippen molar-refractivity contribution < 1.29 is 19.1 Å². The number of esters is 1. The van der Waals surface area contributed by atoms with Crippen LogP contribution in [0.15, 0.2) is 24.3 Å². The van der Waals surface area contributed by atoms with Crippen LogP contribution in [0, 0.1) is 5.92 Å². The molecule has 0 bridgehead atoms. The Morgan fingerprint density at radius 1 is 1.09 bits per heavy atom. The second-order valence-corrected chi connectivity index (χ2v) is 5.19. The number of amides is 2. The van der Waals surface area contributed by atoms with E-state index in [2.05, 4.69) is 10.6 Å². The topological polar surface area (TPSA) is 84.5 Å². The molecule has 2 amide bonds. The van der Waals surface area contributed by atoms with Crippen molar-refractivity contribution in [3.63, 3.8) is 0 Å². The molecule has 2 N–H and O–H groups in total. The molecule has 0 spiro atoms. The quantitative estimate of drug-likeness (QED) is 0.621. The van der Waals surface area contributed by atoms with E-state index in [-0.39, 0.29) is 0 Å². The molecule has 22 heavy (non-hydrogen) atoms. The molecule has 1 aromatic carbocycles. The van der Waals surface area contributed by atoms with Crippen molar-refractivity contribution in [1.82, 2.24) is 5.32 Å². The van der Waals surface area contributed by atoms with Crippen molar-refractivity contribution >= 4 is 23.5 Å². The van der Waals surface area contributed by atoms with Crippen molar-refractivity contribution in [3.8, 4) is 0 Å². The smallest absolute Gasteiger partial charge is 0.338 e. The first-order chi connectivity index (χ1) is 10.4. The van der Waals surface area contributed by atoms with Crippen LogP contribution in [-0.2, 0) is 14.3 Å². The van der Waals surface area contributed by atoms with Crippen LogP contribution in [0.4, 0.5) is 5.69 Å². The monoisotopic (exact) mass is 306 g/mol. The van der Waals surface area contributed by atoms with Crippen LogP contribution in [0.25, 0.3) is 0 Å². The first kappa shape index (κ1) is 17.7. The Labute approximate surface area is 130 Å². The average Bonchev–Trinajstić information content (AvgIpc) is 2.47. The zero-order valence-electron chi connectivity index (χ0n) is 13.1. The van der Waals surface area contributed by atoms with Gasteiger partial charge in [-0.25, -0.2) is 4.79 Å². The highest BCUT2D eigenvalue weighted by molar-refractivity contribution is 6.39. The summed E-state index contributed by atoms with van der Waals surface area (Å²) in [6, 6.07) is 6.16. The molecule has 0 atom stereocenters. The van der Waals surface area contributed by atoms with E-state index in [0.29, 0.717) is 30.3 Å². The van der Waals surface area contributed by atoms with Crippen LogP contribution in [0.2, 0.25) is 0 Å². The molecule has 0 saturated heterocycles. The molecule has 6 nitrogen and oxygen atoms in total. The van der Waals surface area contributed by atoms with Gasteiger partial charge in [-0.05, 0) is 43.5 Å². The second kappa shape index (κ2) is 8.81. The van der Waals surface area contributed by atoms with E-state index in [0.717, 1.165) is 6.42 Å². The second-order valence-electron chi connectivity index (χ2n) is 5.19. The van der Waals surface area contributed by atoms with E-state index < -0.39 is 17.8 Å². The lowest BCUT2D eigenvalue weighted by molar-refractivity contribution is -0.136. The van der Waals surface area contributed by atoms with E-state index in [1.165, 1.54) is 12.1 Å². The number of carbonyl (C=O) groups excluding carboxylic acids is 3. The van der Waals surface area contributed by atoms with E-state index in [1.807, 2.05) is 13.8 Å². The third-order valence-electron chi connectivity index (χ3n) is 2.87. The lowest BCUT2D eigenvalue weighted by atomic mass is 10.1. The number of benzene rings is 1. The van der Waals surface area contributed by atoms with Gasteiger partial charge in [-0.15, -0.1) is 0 Å². The Balaban J connectivity index is 2.50. The summed E-state index contributed by atoms with van der Waals surface area (Å²) in [5, 5.41) is 5.03. The van der Waals surface area contributed by atoms with Gasteiger partial charge in [0.05, 0.1) is 12.2 Å². The van der Waals surface area contributed by atoms with Gasteiger partial charge in [-0.3, -0.25) is 9.59 Å². The van der Waals surface area contributed by atoms with Gasteiger partial charge in [0.1, 0.15) is 0 Å². The molecule has 0 aromatic heterocycles. The van der Waals surface area contributed by atoms with E-state index in [9.17, 15) is 14.4 Å². The normalized spacial score (nSPS) is 10.2. The first-order valence-electron chi connectivity index (χ1n) is 7.30. The molecule has 0 fully saturated rings. The summed E-state index contributed by atoms with van der Waals surface area (Å²) >= 11 is 0. The highest BCUT2D eigenvalue weighted by Crippen LogP contribution is 2.10. The fourth-order valence-corrected chi connectivity index (χ4v) is 1.65. The molecule has 0 saturated carbocycles. The summed E-state index contributed by atoms with van der Waals surface area (Å²) in [6.45, 7) is 6.57. The van der Waals surface area contributed by atoms with Crippen molar-refractivity contribution in [2.24, 2.45) is 5.92 Å². The maximum absolute atomic E-state index is 11.7. The summed E-state index contributed by atoms with van der Waals surface area (Å²) < 4.78 is 4.86. The summed E-state index contributed by atoms with van der Waals surface area (Å²) in [6.07, 6.45) is 0.813. The minimum Gasteiger partial charge on any atom is -0.462 e. The fourth-order valence-electron chi connectivity index (χ4n) is 1.65. The summed E-state index contributed by atoms with van der Waals surface area (Å²) in [5.74, 6) is -1.37. The zero-order chi connectivity index (χ0) is 16.5. The fraction of sp³-hybridized carbons (Fsp3) is 0.438. The number of ether oxygens (including phenoxy) is 1. The predicted octanol–water partition coefficient (Wildman–Crippen LogP) is 1.96. The molecule has 0 unspecified atom stereocenters. The van der Waals surface area contributed by atoms with Crippen LogP contribution in [0.3, 0.4) is 0 Å². The number of hydrogen-bond acceptors (Lipinski definition) is 4. The summed E-state index contributed by atoms with van der Waals surface area (Å²) in [4.78, 5) is 34.8. The summed E-state index contributed by atoms with van der Waals surface area (Å²) in [7, 11) is 0. The molecule has 0 aliphatic carbocycles. The Morgan fingerprint density at radius 2 is 1.73 bits per heavy atom. The van der Waals surface area contributed by atoms with Gasteiger partial charge >= 0.3 is 17.8 Å². The van der Waals surface area contributed by atoms with Gasteiger partial charge in [-0.1, -0.05) is 13.8 Å². The lowest BCUT2D eigenvalue weighted by Gasteiger charge is -2.08. The maximum atomic E-state index is 11.7. The average molecular weight is 306 g/mol. The molecular formula is C16H22N2O4. The Morgan fingerprint density at radius 3 is 2.27 bits per heavy atom. The Bertz CT molecular complexity index is 523. The van der Waals surface area contributed by atoms with Gasteiger partial charge in [-0.2, -0.15) is 0 Å². The number of nitrogens with one attached hydrogen (secondary N) is 2. The van der Waals surface area contributed by atoms with Crippen LogP contribution >= 0.6 is 0 Å². The predicted molar refractivity (Wildman–Crippen MR) is 83.5 cm³/mol. The van der Waals surface area contributed by atoms with Crippen LogP contribution in [0.5, 0.6) is 0 Å². The Kier molecular flexibility index (Phi) is 7.08. The molecule has 6 heteroatoms. The number of hydrogen-bond donors (Lipinski definition) is 2. The van der Waals surface area contributed by atoms with E-state index in [4.69, 9.17) is 4.74 Å². The highest BCUT2D eigenvalue weighted by Gasteiger charge is 2.13. The van der Waals surface area contributed by atoms with Gasteiger partial charge in [0.15, 0.2) is 0 Å². The molecule has 1 rings (SSSR count). The highest BCUT2D eigenvalue weighted by atomic mass is 16.5. The molecule has 0 radical (unpaired) electrons. The third-order valence-corrected chi connectivity index (χ3v) is 2.87. The molecule has 0 aliphatic heterocycles. The number of carbonyl (C=O) groups is 3. The minimum absolute atomic E-state index is 0.299. The van der Waals surface area contributed by atoms with Crippen LogP contribution in [0.1, 0.15) is 37.6 Å². The molecule has 0 aliphatic rings. The lowest BCUT2D eigenvalue weighted by Crippen LogP contribution is -2.36. The summed E-state index contributed by atoms with van der Waals surface area (Å²) in [5.41, 5.74) is 0.832. The molecule has 120 valence electrons. The number of anilines is 1. The van der Waals surface area contributed by atoms with Gasteiger partial charge in [0, 0.05) is 12.2 Å². The van der Waals surface area contributed by atoms with Gasteiger partial charge in [0.25, 0.3) is 0 Å². The van der Waals surface area contributed by atoms with Crippen molar-refractivity contribution in [1.29, 1.82) is 0 Å². The van der Waals surface area contributed by atoms with Crippen molar-refractivity contribution in [2.45, 2.75) is 27.2 Å². The SMILES string of the molecule is CCOC(=O)c1ccc(NC(=O)C(=O)NCCC(C)C)cc1. The van der Waals surface area contributed by atoms with Crippen LogP contribution < -0.4 is 10.6 Å². The van der Waals surface area contributed by atoms with E-state index in [1.54, 1.807) is 19.1 Å². The molecule has 0 heterocycles. The van der Waals surface area contributed by atoms with Crippen LogP contribution in [-0.4, -0.2) is 30.9 Å². The Hall–Kier alpha value is -2.37. The minimum atomic E-state index is -0.729. The molecule has 1 aromatic rings. The molecular weight excluding hydrogens is 284 g/mol. The third kappa shape index (κ3) is 5.95. The largest absolute Gasteiger partial charge is 0.462 e. The van der Waals surface area contributed by atoms with Gasteiger partial charge < -0.3 is 15.4 Å². The zero-order valence-corrected chi connectivity index (χ0v) is 13.1. The maximum Gasteiger partial charge on any atom is 0.338 e. The van der Waals surface area contributed by atoms with Crippen molar-refractivity contribution in [2.75, 3.05) is 18.5 Å². The first-order valence-corrected chi connectivity index (χ1v) is 7.30. The van der Waals surface area contributed by atoms with E-state index >= 15 is 0 Å². The van der Waals surface area contributed by atoms with Crippen molar-refractivity contribution in [3.05, 3.63) is 29.8 Å².